The second kappa shape index (κ2) is 4.77. The Morgan fingerprint density at radius 3 is 2.90 bits per heavy atom. The molecule has 0 aliphatic heterocycles. The van der Waals surface area contributed by atoms with Crippen molar-refractivity contribution < 1.29 is 4.79 Å². The highest BCUT2D eigenvalue weighted by Gasteiger charge is 1.99. The van der Waals surface area contributed by atoms with Crippen LogP contribution in [0.1, 0.15) is 13.3 Å². The van der Waals surface area contributed by atoms with Gasteiger partial charge in [0.05, 0.1) is 6.07 Å². The summed E-state index contributed by atoms with van der Waals surface area (Å²) in [5.41, 5.74) is 5.34. The van der Waals surface area contributed by atoms with Crippen molar-refractivity contribution in [3.63, 3.8) is 0 Å². The molecular formula is C6H11N3O. The maximum absolute atomic E-state index is 10.6. The van der Waals surface area contributed by atoms with Crippen molar-refractivity contribution in [2.24, 2.45) is 5.73 Å². The highest BCUT2D eigenvalue weighted by Crippen LogP contribution is 1.76. The van der Waals surface area contributed by atoms with Gasteiger partial charge in [-0.25, -0.2) is 0 Å². The van der Waals surface area contributed by atoms with Crippen LogP contribution in [0.4, 0.5) is 0 Å². The van der Waals surface area contributed by atoms with Gasteiger partial charge in [0.15, 0.2) is 0 Å². The molecule has 0 aromatic heterocycles. The fourth-order valence-corrected chi connectivity index (χ4v) is 0.409. The molecule has 3 N–H and O–H groups in total. The zero-order valence-corrected chi connectivity index (χ0v) is 5.92. The molecule has 0 fully saturated rings. The van der Waals surface area contributed by atoms with Crippen LogP contribution in [0.2, 0.25) is 0 Å². The zero-order valence-electron chi connectivity index (χ0n) is 5.92. The SMILES string of the molecule is CC(N)CNC(=O)CC#N. The van der Waals surface area contributed by atoms with E-state index in [1.54, 1.807) is 13.0 Å². The predicted octanol–water partition coefficient (Wildman–Crippen LogP) is -0.637. The van der Waals surface area contributed by atoms with Gasteiger partial charge in [-0.2, -0.15) is 5.26 Å². The van der Waals surface area contributed by atoms with Gasteiger partial charge in [0, 0.05) is 12.6 Å². The lowest BCUT2D eigenvalue weighted by atomic mass is 10.3. The normalized spacial score (nSPS) is 11.7. The van der Waals surface area contributed by atoms with E-state index in [9.17, 15) is 4.79 Å². The minimum atomic E-state index is -0.264. The highest BCUT2D eigenvalue weighted by molar-refractivity contribution is 5.77. The van der Waals surface area contributed by atoms with E-state index in [1.807, 2.05) is 0 Å². The lowest BCUT2D eigenvalue weighted by Gasteiger charge is -2.04. The van der Waals surface area contributed by atoms with Gasteiger partial charge in [0.1, 0.15) is 6.42 Å². The van der Waals surface area contributed by atoms with E-state index in [2.05, 4.69) is 5.32 Å². The highest BCUT2D eigenvalue weighted by atomic mass is 16.1. The van der Waals surface area contributed by atoms with Crippen LogP contribution in [0, 0.1) is 11.3 Å². The number of rotatable bonds is 3. The lowest BCUT2D eigenvalue weighted by molar-refractivity contribution is -0.120. The monoisotopic (exact) mass is 141 g/mol. The summed E-state index contributed by atoms with van der Waals surface area (Å²) in [6.45, 7) is 2.22. The van der Waals surface area contributed by atoms with Crippen LogP contribution in [-0.2, 0) is 4.79 Å². The molecule has 1 atom stereocenters. The molecule has 0 spiro atoms. The minimum Gasteiger partial charge on any atom is -0.354 e. The molecule has 0 aromatic rings. The largest absolute Gasteiger partial charge is 0.354 e. The van der Waals surface area contributed by atoms with Gasteiger partial charge in [-0.05, 0) is 6.92 Å². The number of carbonyl (C=O) groups is 1. The molecule has 10 heavy (non-hydrogen) atoms. The van der Waals surface area contributed by atoms with Crippen molar-refractivity contribution in [3.8, 4) is 6.07 Å². The third-order valence-electron chi connectivity index (χ3n) is 0.861. The van der Waals surface area contributed by atoms with Crippen LogP contribution in [0.15, 0.2) is 0 Å². The average Bonchev–Trinajstić information content (AvgIpc) is 1.85. The van der Waals surface area contributed by atoms with Crippen LogP contribution in [0.5, 0.6) is 0 Å². The first-order chi connectivity index (χ1) is 4.66. The first-order valence-corrected chi connectivity index (χ1v) is 3.06. The second-order valence-electron chi connectivity index (χ2n) is 2.12. The molecule has 0 aliphatic carbocycles. The molecule has 0 bridgehead atoms. The molecule has 0 saturated carbocycles. The molecule has 0 aromatic carbocycles. The maximum Gasteiger partial charge on any atom is 0.234 e. The molecule has 1 amide bonds. The summed E-state index contributed by atoms with van der Waals surface area (Å²) >= 11 is 0. The van der Waals surface area contributed by atoms with Gasteiger partial charge in [-0.1, -0.05) is 0 Å². The third-order valence-corrected chi connectivity index (χ3v) is 0.861. The minimum absolute atomic E-state index is 0.0531. The molecule has 0 aliphatic rings. The Hall–Kier alpha value is -1.08. The van der Waals surface area contributed by atoms with Gasteiger partial charge in [0.2, 0.25) is 5.91 Å². The fourth-order valence-electron chi connectivity index (χ4n) is 0.409. The number of carbonyl (C=O) groups excluding carboxylic acids is 1. The first-order valence-electron chi connectivity index (χ1n) is 3.06. The smallest absolute Gasteiger partial charge is 0.234 e. The summed E-state index contributed by atoms with van der Waals surface area (Å²) in [5.74, 6) is -0.264. The molecule has 0 heterocycles. The van der Waals surface area contributed by atoms with Gasteiger partial charge < -0.3 is 11.1 Å². The predicted molar refractivity (Wildman–Crippen MR) is 36.9 cm³/mol. The number of hydrogen-bond donors (Lipinski definition) is 2. The van der Waals surface area contributed by atoms with E-state index in [0.717, 1.165) is 0 Å². The van der Waals surface area contributed by atoms with E-state index in [1.165, 1.54) is 0 Å². The summed E-state index contributed by atoms with van der Waals surface area (Å²) in [6, 6.07) is 1.69. The Morgan fingerprint density at radius 2 is 2.50 bits per heavy atom. The number of nitrogens with zero attached hydrogens (tertiary/aromatic N) is 1. The third kappa shape index (κ3) is 5.06. The summed E-state index contributed by atoms with van der Waals surface area (Å²) < 4.78 is 0. The van der Waals surface area contributed by atoms with Crippen LogP contribution in [0.3, 0.4) is 0 Å². The second-order valence-corrected chi connectivity index (χ2v) is 2.12. The molecular weight excluding hydrogens is 130 g/mol. The first kappa shape index (κ1) is 8.92. The average molecular weight is 141 g/mol. The summed E-state index contributed by atoms with van der Waals surface area (Å²) in [6.07, 6.45) is -0.0906. The number of nitrogens with two attached hydrogens (primary N) is 1. The molecule has 1 unspecified atom stereocenters. The molecule has 4 nitrogen and oxygen atoms in total. The van der Waals surface area contributed by atoms with Crippen LogP contribution >= 0.6 is 0 Å². The summed E-state index contributed by atoms with van der Waals surface area (Å²) in [7, 11) is 0. The van der Waals surface area contributed by atoms with E-state index in [0.29, 0.717) is 6.54 Å². The molecule has 0 rings (SSSR count). The van der Waals surface area contributed by atoms with Crippen LogP contribution < -0.4 is 11.1 Å². The van der Waals surface area contributed by atoms with Crippen molar-refractivity contribution in [2.75, 3.05) is 6.54 Å². The Balaban J connectivity index is 3.33. The lowest BCUT2D eigenvalue weighted by Crippen LogP contribution is -2.34. The van der Waals surface area contributed by atoms with Gasteiger partial charge in [-0.3, -0.25) is 4.79 Å². The molecule has 56 valence electrons. The number of nitriles is 1. The van der Waals surface area contributed by atoms with Crippen molar-refractivity contribution in [1.82, 2.24) is 5.32 Å². The Bertz CT molecular complexity index is 148. The van der Waals surface area contributed by atoms with Gasteiger partial charge in [0.25, 0.3) is 0 Å². The van der Waals surface area contributed by atoms with Gasteiger partial charge >= 0.3 is 0 Å². The Morgan fingerprint density at radius 1 is 1.90 bits per heavy atom. The van der Waals surface area contributed by atoms with E-state index >= 15 is 0 Å². The number of hydrogen-bond acceptors (Lipinski definition) is 3. The van der Waals surface area contributed by atoms with Crippen molar-refractivity contribution in [1.29, 1.82) is 5.26 Å². The number of amides is 1. The van der Waals surface area contributed by atoms with E-state index in [4.69, 9.17) is 11.0 Å². The topological polar surface area (TPSA) is 78.9 Å². The molecule has 0 radical (unpaired) electrons. The Labute approximate surface area is 60.0 Å². The zero-order chi connectivity index (χ0) is 7.98. The van der Waals surface area contributed by atoms with Crippen LogP contribution in [0.25, 0.3) is 0 Å². The van der Waals surface area contributed by atoms with Crippen molar-refractivity contribution >= 4 is 5.91 Å². The van der Waals surface area contributed by atoms with E-state index in [-0.39, 0.29) is 18.4 Å². The molecule has 0 saturated heterocycles. The Kier molecular flexibility index (Phi) is 4.25. The molecule has 4 heteroatoms. The van der Waals surface area contributed by atoms with Gasteiger partial charge in [-0.15, -0.1) is 0 Å². The summed E-state index contributed by atoms with van der Waals surface area (Å²) in [4.78, 5) is 10.6. The van der Waals surface area contributed by atoms with Crippen molar-refractivity contribution in [3.05, 3.63) is 0 Å². The van der Waals surface area contributed by atoms with Crippen LogP contribution in [-0.4, -0.2) is 18.5 Å². The standard InChI is InChI=1S/C6H11N3O/c1-5(8)4-9-6(10)2-3-7/h5H,2,4,8H2,1H3,(H,9,10). The van der Waals surface area contributed by atoms with E-state index < -0.39 is 0 Å². The number of nitrogens with one attached hydrogen (secondary N) is 1. The van der Waals surface area contributed by atoms with Crippen molar-refractivity contribution in [2.45, 2.75) is 19.4 Å². The summed E-state index contributed by atoms with van der Waals surface area (Å²) in [5, 5.41) is 10.6. The maximum atomic E-state index is 10.6. The fraction of sp³-hybridized carbons (Fsp3) is 0.667. The quantitative estimate of drug-likeness (QED) is 0.549.